The minimum atomic E-state index is 0.410. The van der Waals surface area contributed by atoms with Crippen LogP contribution in [0.1, 0.15) is 5.56 Å². The highest BCUT2D eigenvalue weighted by Crippen LogP contribution is 2.30. The van der Waals surface area contributed by atoms with Gasteiger partial charge in [-0.05, 0) is 48.0 Å². The smallest absolute Gasteiger partial charge is 0.161 e. The third-order valence-electron chi connectivity index (χ3n) is 4.92. The van der Waals surface area contributed by atoms with Gasteiger partial charge >= 0.3 is 0 Å². The lowest BCUT2D eigenvalue weighted by Gasteiger charge is -2.13. The molecule has 6 nitrogen and oxygen atoms in total. The number of anilines is 2. The van der Waals surface area contributed by atoms with Crippen LogP contribution in [0.15, 0.2) is 72.9 Å². The molecule has 1 N–H and O–H groups in total. The van der Waals surface area contributed by atoms with Crippen molar-refractivity contribution in [3.63, 3.8) is 0 Å². The lowest BCUT2D eigenvalue weighted by atomic mass is 10.1. The second-order valence-electron chi connectivity index (χ2n) is 6.87. The number of ether oxygens (including phenoxy) is 4. The van der Waals surface area contributed by atoms with E-state index in [2.05, 4.69) is 10.3 Å². The average molecular weight is 416 g/mol. The molecule has 4 rings (SSSR count). The number of nitrogens with one attached hydrogen (secondary N) is 1. The van der Waals surface area contributed by atoms with Gasteiger partial charge in [-0.25, -0.2) is 0 Å². The van der Waals surface area contributed by atoms with Gasteiger partial charge in [0.2, 0.25) is 0 Å². The summed E-state index contributed by atoms with van der Waals surface area (Å²) in [6.07, 6.45) is 1.78. The lowest BCUT2D eigenvalue weighted by Crippen LogP contribution is -1.98. The largest absolute Gasteiger partial charge is 0.497 e. The molecule has 0 aliphatic carbocycles. The number of rotatable bonds is 8. The summed E-state index contributed by atoms with van der Waals surface area (Å²) in [5, 5.41) is 4.44. The quantitative estimate of drug-likeness (QED) is 0.404. The molecule has 3 aromatic carbocycles. The molecule has 0 aliphatic heterocycles. The zero-order valence-electron chi connectivity index (χ0n) is 17.7. The topological polar surface area (TPSA) is 61.8 Å². The minimum Gasteiger partial charge on any atom is -0.497 e. The van der Waals surface area contributed by atoms with Crippen LogP contribution in [0.25, 0.3) is 10.9 Å². The summed E-state index contributed by atoms with van der Waals surface area (Å²) < 4.78 is 21.9. The Kier molecular flexibility index (Phi) is 6.08. The van der Waals surface area contributed by atoms with Crippen LogP contribution in [0.2, 0.25) is 0 Å². The fraction of sp³-hybridized carbons (Fsp3) is 0.160. The maximum atomic E-state index is 5.99. The van der Waals surface area contributed by atoms with Crippen LogP contribution >= 0.6 is 0 Å². The average Bonchev–Trinajstić information content (AvgIpc) is 2.82. The van der Waals surface area contributed by atoms with E-state index in [0.717, 1.165) is 39.3 Å². The molecule has 0 saturated carbocycles. The van der Waals surface area contributed by atoms with Crippen LogP contribution in [0.3, 0.4) is 0 Å². The van der Waals surface area contributed by atoms with E-state index in [4.69, 9.17) is 18.9 Å². The van der Waals surface area contributed by atoms with Gasteiger partial charge in [0, 0.05) is 35.1 Å². The lowest BCUT2D eigenvalue weighted by molar-refractivity contribution is 0.304. The molecule has 6 heteroatoms. The maximum absolute atomic E-state index is 5.99. The highest BCUT2D eigenvalue weighted by Gasteiger charge is 2.08. The van der Waals surface area contributed by atoms with Crippen molar-refractivity contribution < 1.29 is 18.9 Å². The first-order valence-electron chi connectivity index (χ1n) is 9.83. The number of methoxy groups -OCH3 is 3. The molecule has 0 radical (unpaired) electrons. The molecule has 0 saturated heterocycles. The van der Waals surface area contributed by atoms with Crippen LogP contribution in [0.4, 0.5) is 11.4 Å². The number of benzene rings is 3. The number of nitrogens with zero attached hydrogens (tertiary/aromatic N) is 1. The number of aromatic nitrogens is 1. The Morgan fingerprint density at radius 3 is 2.45 bits per heavy atom. The van der Waals surface area contributed by atoms with Gasteiger partial charge in [0.15, 0.2) is 11.5 Å². The number of hydrogen-bond acceptors (Lipinski definition) is 6. The number of fused-ring (bicyclic) bond motifs is 1. The van der Waals surface area contributed by atoms with Gasteiger partial charge in [-0.2, -0.15) is 0 Å². The van der Waals surface area contributed by atoms with E-state index in [-0.39, 0.29) is 0 Å². The zero-order chi connectivity index (χ0) is 21.6. The summed E-state index contributed by atoms with van der Waals surface area (Å²) in [5.41, 5.74) is 3.74. The molecule has 0 fully saturated rings. The van der Waals surface area contributed by atoms with Crippen molar-refractivity contribution in [1.29, 1.82) is 0 Å². The van der Waals surface area contributed by atoms with Crippen LogP contribution in [-0.4, -0.2) is 26.3 Å². The van der Waals surface area contributed by atoms with E-state index in [9.17, 15) is 0 Å². The minimum absolute atomic E-state index is 0.410. The van der Waals surface area contributed by atoms with Gasteiger partial charge in [-0.15, -0.1) is 0 Å². The Balaban J connectivity index is 1.52. The predicted molar refractivity (Wildman–Crippen MR) is 122 cm³/mol. The standard InChI is InChI=1S/C25H24N2O4/c1-28-19-6-4-5-18(14-19)27-22-11-12-26-23-15-20(8-9-21(22)23)31-16-17-7-10-24(29-2)25(13-17)30-3/h4-15H,16H2,1-3H3,(H,26,27). The second-order valence-corrected chi connectivity index (χ2v) is 6.87. The van der Waals surface area contributed by atoms with Crippen molar-refractivity contribution in [3.8, 4) is 23.0 Å². The summed E-state index contributed by atoms with van der Waals surface area (Å²) in [6.45, 7) is 0.410. The van der Waals surface area contributed by atoms with Gasteiger partial charge in [-0.1, -0.05) is 12.1 Å². The maximum Gasteiger partial charge on any atom is 0.161 e. The highest BCUT2D eigenvalue weighted by atomic mass is 16.5. The molecule has 1 aromatic heterocycles. The van der Waals surface area contributed by atoms with E-state index in [1.807, 2.05) is 66.7 Å². The molecule has 0 atom stereocenters. The molecular formula is C25H24N2O4. The van der Waals surface area contributed by atoms with Crippen LogP contribution < -0.4 is 24.3 Å². The first kappa shape index (κ1) is 20.3. The molecule has 31 heavy (non-hydrogen) atoms. The first-order valence-corrected chi connectivity index (χ1v) is 9.83. The fourth-order valence-electron chi connectivity index (χ4n) is 3.32. The van der Waals surface area contributed by atoms with Gasteiger partial charge in [0.1, 0.15) is 18.1 Å². The molecule has 158 valence electrons. The Morgan fingerprint density at radius 2 is 1.65 bits per heavy atom. The van der Waals surface area contributed by atoms with Gasteiger partial charge in [0.25, 0.3) is 0 Å². The van der Waals surface area contributed by atoms with E-state index >= 15 is 0 Å². The fourth-order valence-corrected chi connectivity index (χ4v) is 3.32. The summed E-state index contributed by atoms with van der Waals surface area (Å²) in [7, 11) is 4.90. The molecule has 0 aliphatic rings. The second kappa shape index (κ2) is 9.26. The molecule has 1 heterocycles. The van der Waals surface area contributed by atoms with E-state index in [1.165, 1.54) is 0 Å². The molecule has 0 spiro atoms. The molecule has 0 bridgehead atoms. The van der Waals surface area contributed by atoms with Crippen LogP contribution in [-0.2, 0) is 6.61 Å². The Labute approximate surface area is 181 Å². The molecule has 0 amide bonds. The third kappa shape index (κ3) is 4.64. The van der Waals surface area contributed by atoms with Crippen molar-refractivity contribution in [2.45, 2.75) is 6.61 Å². The van der Waals surface area contributed by atoms with Crippen molar-refractivity contribution in [2.75, 3.05) is 26.6 Å². The Morgan fingerprint density at radius 1 is 0.774 bits per heavy atom. The van der Waals surface area contributed by atoms with Crippen molar-refractivity contribution in [1.82, 2.24) is 4.98 Å². The van der Waals surface area contributed by atoms with Crippen LogP contribution in [0.5, 0.6) is 23.0 Å². The van der Waals surface area contributed by atoms with Gasteiger partial charge in [0.05, 0.1) is 26.8 Å². The Bertz CT molecular complexity index is 1190. The molecular weight excluding hydrogens is 392 g/mol. The highest BCUT2D eigenvalue weighted by molar-refractivity contribution is 5.93. The summed E-state index contributed by atoms with van der Waals surface area (Å²) in [4.78, 5) is 4.50. The number of hydrogen-bond donors (Lipinski definition) is 1. The van der Waals surface area contributed by atoms with Crippen molar-refractivity contribution >= 4 is 22.3 Å². The summed E-state index contributed by atoms with van der Waals surface area (Å²) in [5.74, 6) is 2.91. The van der Waals surface area contributed by atoms with E-state index in [1.54, 1.807) is 27.5 Å². The third-order valence-corrected chi connectivity index (χ3v) is 4.92. The Hall–Kier alpha value is -3.93. The van der Waals surface area contributed by atoms with E-state index in [0.29, 0.717) is 18.1 Å². The monoisotopic (exact) mass is 416 g/mol. The van der Waals surface area contributed by atoms with E-state index < -0.39 is 0 Å². The van der Waals surface area contributed by atoms with Crippen LogP contribution in [0, 0.1) is 0 Å². The normalized spacial score (nSPS) is 10.5. The zero-order valence-corrected chi connectivity index (χ0v) is 17.7. The molecule has 4 aromatic rings. The van der Waals surface area contributed by atoms with Crippen molar-refractivity contribution in [3.05, 3.63) is 78.5 Å². The number of pyridine rings is 1. The van der Waals surface area contributed by atoms with Crippen molar-refractivity contribution in [2.24, 2.45) is 0 Å². The first-order chi connectivity index (χ1) is 15.2. The molecule has 0 unspecified atom stereocenters. The van der Waals surface area contributed by atoms with Gasteiger partial charge in [-0.3, -0.25) is 4.98 Å². The van der Waals surface area contributed by atoms with Gasteiger partial charge < -0.3 is 24.3 Å². The summed E-state index contributed by atoms with van der Waals surface area (Å²) in [6, 6.07) is 21.4. The summed E-state index contributed by atoms with van der Waals surface area (Å²) >= 11 is 0. The SMILES string of the molecule is COc1cccc(Nc2ccnc3cc(OCc4ccc(OC)c(OC)c4)ccc23)c1. The predicted octanol–water partition coefficient (Wildman–Crippen LogP) is 5.58.